The first-order valence-corrected chi connectivity index (χ1v) is 8.92. The zero-order valence-corrected chi connectivity index (χ0v) is 14.0. The van der Waals surface area contributed by atoms with E-state index in [0.29, 0.717) is 18.0 Å². The van der Waals surface area contributed by atoms with Crippen molar-refractivity contribution in [1.82, 2.24) is 5.32 Å². The van der Waals surface area contributed by atoms with E-state index >= 15 is 0 Å². The van der Waals surface area contributed by atoms with Gasteiger partial charge in [0.25, 0.3) is 0 Å². The van der Waals surface area contributed by atoms with Gasteiger partial charge in [0.05, 0.1) is 11.7 Å². The highest BCUT2D eigenvalue weighted by Crippen LogP contribution is 2.19. The molecule has 22 heavy (non-hydrogen) atoms. The number of amides is 1. The number of sulfone groups is 1. The molecule has 1 aliphatic heterocycles. The van der Waals surface area contributed by atoms with Gasteiger partial charge in [0.15, 0.2) is 9.84 Å². The molecule has 1 amide bonds. The number of carbonyl (C=O) groups is 1. The molecule has 1 aliphatic rings. The third-order valence-electron chi connectivity index (χ3n) is 3.26. The van der Waals surface area contributed by atoms with Crippen LogP contribution in [0.3, 0.4) is 0 Å². The minimum atomic E-state index is -3.04. The number of hydrogen-bond donors (Lipinski definition) is 2. The molecule has 0 saturated carbocycles. The minimum Gasteiger partial charge on any atom is -0.492 e. The van der Waals surface area contributed by atoms with Crippen LogP contribution in [-0.4, -0.2) is 46.0 Å². The molecule has 1 saturated heterocycles. The maximum absolute atomic E-state index is 12.0. The smallest absolute Gasteiger partial charge is 0.228 e. The van der Waals surface area contributed by atoms with E-state index in [-0.39, 0.29) is 36.6 Å². The Kier molecular flexibility index (Phi) is 7.12. The van der Waals surface area contributed by atoms with E-state index in [9.17, 15) is 13.2 Å². The summed E-state index contributed by atoms with van der Waals surface area (Å²) in [5, 5.41) is 6.00. The van der Waals surface area contributed by atoms with Gasteiger partial charge in [-0.3, -0.25) is 4.79 Å². The lowest BCUT2D eigenvalue weighted by atomic mass is 10.1. The van der Waals surface area contributed by atoms with E-state index in [1.54, 1.807) is 24.3 Å². The maximum atomic E-state index is 12.0. The predicted octanol–water partition coefficient (Wildman–Crippen LogP) is 1.08. The van der Waals surface area contributed by atoms with Crippen LogP contribution in [-0.2, 0) is 14.6 Å². The van der Waals surface area contributed by atoms with Crippen molar-refractivity contribution in [1.29, 1.82) is 0 Å². The average Bonchev–Trinajstić information content (AvgIpc) is 2.91. The number of hydrogen-bond acceptors (Lipinski definition) is 5. The van der Waals surface area contributed by atoms with Crippen molar-refractivity contribution in [2.24, 2.45) is 5.92 Å². The highest BCUT2D eigenvalue weighted by Gasteiger charge is 2.22. The maximum Gasteiger partial charge on any atom is 0.228 e. The predicted molar refractivity (Wildman–Crippen MR) is 88.5 cm³/mol. The van der Waals surface area contributed by atoms with Crippen LogP contribution in [0.2, 0.25) is 0 Å². The van der Waals surface area contributed by atoms with Gasteiger partial charge in [-0.05, 0) is 25.1 Å². The van der Waals surface area contributed by atoms with Crippen molar-refractivity contribution in [3.8, 4) is 5.75 Å². The second-order valence-electron chi connectivity index (χ2n) is 5.19. The van der Waals surface area contributed by atoms with Crippen LogP contribution in [0.1, 0.15) is 6.42 Å². The lowest BCUT2D eigenvalue weighted by molar-refractivity contribution is -0.119. The summed E-state index contributed by atoms with van der Waals surface area (Å²) in [4.78, 5) is 12.0. The van der Waals surface area contributed by atoms with Crippen molar-refractivity contribution >= 4 is 33.8 Å². The Hall–Kier alpha value is -1.31. The van der Waals surface area contributed by atoms with Gasteiger partial charge in [0.1, 0.15) is 12.4 Å². The molecule has 2 rings (SSSR count). The molecule has 1 fully saturated rings. The minimum absolute atomic E-state index is 0. The van der Waals surface area contributed by atoms with Crippen molar-refractivity contribution in [2.75, 3.05) is 37.0 Å². The van der Waals surface area contributed by atoms with Crippen LogP contribution < -0.4 is 15.4 Å². The number of halogens is 1. The third kappa shape index (κ3) is 6.21. The molecule has 8 heteroatoms. The van der Waals surface area contributed by atoms with Crippen molar-refractivity contribution < 1.29 is 17.9 Å². The molecule has 2 N–H and O–H groups in total. The van der Waals surface area contributed by atoms with Gasteiger partial charge < -0.3 is 15.4 Å². The van der Waals surface area contributed by atoms with Crippen LogP contribution in [0.4, 0.5) is 5.69 Å². The van der Waals surface area contributed by atoms with E-state index in [4.69, 9.17) is 4.74 Å². The Balaban J connectivity index is 0.00000242. The summed E-state index contributed by atoms with van der Waals surface area (Å²) in [7, 11) is -3.04. The van der Waals surface area contributed by atoms with Gasteiger partial charge in [0, 0.05) is 24.6 Å². The number of rotatable bonds is 6. The number of benzene rings is 1. The van der Waals surface area contributed by atoms with E-state index in [2.05, 4.69) is 10.6 Å². The third-order valence-corrected chi connectivity index (χ3v) is 4.16. The molecule has 0 aliphatic carbocycles. The molecule has 6 nitrogen and oxygen atoms in total. The van der Waals surface area contributed by atoms with E-state index < -0.39 is 9.84 Å². The van der Waals surface area contributed by atoms with Crippen LogP contribution >= 0.6 is 12.4 Å². The van der Waals surface area contributed by atoms with Gasteiger partial charge in [-0.25, -0.2) is 8.42 Å². The molecule has 1 aromatic carbocycles. The zero-order valence-electron chi connectivity index (χ0n) is 12.4. The first kappa shape index (κ1) is 18.7. The van der Waals surface area contributed by atoms with E-state index in [0.717, 1.165) is 13.0 Å². The van der Waals surface area contributed by atoms with Gasteiger partial charge in [-0.2, -0.15) is 0 Å². The summed E-state index contributed by atoms with van der Waals surface area (Å²) >= 11 is 0. The van der Waals surface area contributed by atoms with Gasteiger partial charge in [0.2, 0.25) is 5.91 Å². The summed E-state index contributed by atoms with van der Waals surface area (Å²) < 4.78 is 27.5. The van der Waals surface area contributed by atoms with Crippen LogP contribution in [0.5, 0.6) is 5.75 Å². The Morgan fingerprint density at radius 1 is 1.45 bits per heavy atom. The van der Waals surface area contributed by atoms with Crippen LogP contribution in [0.25, 0.3) is 0 Å². The lowest BCUT2D eigenvalue weighted by Gasteiger charge is -2.11. The monoisotopic (exact) mass is 348 g/mol. The fourth-order valence-electron chi connectivity index (χ4n) is 2.10. The SMILES string of the molecule is CS(=O)(=O)CCOc1cccc(NC(=O)C2CCNC2)c1.Cl. The Labute approximate surface area is 136 Å². The largest absolute Gasteiger partial charge is 0.492 e. The summed E-state index contributed by atoms with van der Waals surface area (Å²) in [6.07, 6.45) is 2.01. The molecule has 1 unspecified atom stereocenters. The number of nitrogens with one attached hydrogen (secondary N) is 2. The number of anilines is 1. The highest BCUT2D eigenvalue weighted by atomic mass is 35.5. The molecule has 0 bridgehead atoms. The van der Waals surface area contributed by atoms with Gasteiger partial charge in [-0.15, -0.1) is 12.4 Å². The molecular weight excluding hydrogens is 328 g/mol. The second-order valence-corrected chi connectivity index (χ2v) is 7.44. The second kappa shape index (κ2) is 8.36. The Bertz CT molecular complexity index is 601. The molecule has 0 aromatic heterocycles. The molecule has 1 aromatic rings. The molecule has 0 spiro atoms. The highest BCUT2D eigenvalue weighted by molar-refractivity contribution is 7.90. The molecule has 0 radical (unpaired) electrons. The summed E-state index contributed by atoms with van der Waals surface area (Å²) in [6.45, 7) is 1.67. The summed E-state index contributed by atoms with van der Waals surface area (Å²) in [6, 6.07) is 6.97. The Morgan fingerprint density at radius 2 is 2.23 bits per heavy atom. The zero-order chi connectivity index (χ0) is 15.3. The normalized spacial score (nSPS) is 17.6. The lowest BCUT2D eigenvalue weighted by Crippen LogP contribution is -2.24. The molecule has 1 atom stereocenters. The fraction of sp³-hybridized carbons (Fsp3) is 0.500. The first-order chi connectivity index (χ1) is 9.94. The first-order valence-electron chi connectivity index (χ1n) is 6.86. The quantitative estimate of drug-likeness (QED) is 0.803. The molecule has 1 heterocycles. The van der Waals surface area contributed by atoms with Crippen LogP contribution in [0.15, 0.2) is 24.3 Å². The molecular formula is C14H21ClN2O4S. The fourth-order valence-corrected chi connectivity index (χ4v) is 2.48. The number of ether oxygens (including phenoxy) is 1. The number of carbonyl (C=O) groups excluding carboxylic acids is 1. The molecule has 124 valence electrons. The average molecular weight is 349 g/mol. The van der Waals surface area contributed by atoms with E-state index in [1.807, 2.05) is 0 Å². The summed E-state index contributed by atoms with van der Waals surface area (Å²) in [5.74, 6) is 0.506. The van der Waals surface area contributed by atoms with Crippen molar-refractivity contribution in [3.63, 3.8) is 0 Å². The van der Waals surface area contributed by atoms with Gasteiger partial charge >= 0.3 is 0 Å². The van der Waals surface area contributed by atoms with Crippen LogP contribution in [0, 0.1) is 5.92 Å². The van der Waals surface area contributed by atoms with E-state index in [1.165, 1.54) is 6.26 Å². The topological polar surface area (TPSA) is 84.5 Å². The standard InChI is InChI=1S/C14H20N2O4S.ClH/c1-21(18,19)8-7-20-13-4-2-3-12(9-13)16-14(17)11-5-6-15-10-11;/h2-4,9,11,15H,5-8,10H2,1H3,(H,16,17);1H. The van der Waals surface area contributed by atoms with Gasteiger partial charge in [-0.1, -0.05) is 6.07 Å². The Morgan fingerprint density at radius 3 is 2.86 bits per heavy atom. The van der Waals surface area contributed by atoms with Crippen molar-refractivity contribution in [3.05, 3.63) is 24.3 Å². The summed E-state index contributed by atoms with van der Waals surface area (Å²) in [5.41, 5.74) is 0.656. The van der Waals surface area contributed by atoms with Crippen molar-refractivity contribution in [2.45, 2.75) is 6.42 Å².